The van der Waals surface area contributed by atoms with Gasteiger partial charge in [-0.2, -0.15) is 0 Å². The van der Waals surface area contributed by atoms with Crippen LogP contribution in [0.15, 0.2) is 17.2 Å². The molecule has 0 unspecified atom stereocenters. The van der Waals surface area contributed by atoms with Crippen molar-refractivity contribution in [2.75, 3.05) is 44.9 Å². The lowest BCUT2D eigenvalue weighted by atomic mass is 10.00. The highest BCUT2D eigenvalue weighted by Crippen LogP contribution is 2.27. The zero-order chi connectivity index (χ0) is 16.3. The first-order valence-electron chi connectivity index (χ1n) is 7.59. The monoisotopic (exact) mass is 325 g/mol. The maximum Gasteiger partial charge on any atom is 0.103 e. The Labute approximate surface area is 137 Å². The molecule has 1 saturated heterocycles. The number of anilines is 1. The number of aliphatic hydroxyl groups is 1. The predicted molar refractivity (Wildman–Crippen MR) is 91.7 cm³/mol. The van der Waals surface area contributed by atoms with Crippen molar-refractivity contribution in [2.24, 2.45) is 0 Å². The van der Waals surface area contributed by atoms with Crippen LogP contribution in [0.2, 0.25) is 0 Å². The van der Waals surface area contributed by atoms with Gasteiger partial charge in [0.2, 0.25) is 0 Å². The van der Waals surface area contributed by atoms with Crippen LogP contribution in [0.1, 0.15) is 19.5 Å². The summed E-state index contributed by atoms with van der Waals surface area (Å²) < 4.78 is 5.73. The van der Waals surface area contributed by atoms with Crippen molar-refractivity contribution < 1.29 is 9.84 Å². The van der Waals surface area contributed by atoms with E-state index in [1.807, 2.05) is 6.26 Å². The van der Waals surface area contributed by atoms with Gasteiger partial charge in [-0.1, -0.05) is 0 Å². The Hall–Kier alpha value is -0.820. The van der Waals surface area contributed by atoms with Gasteiger partial charge in [0.25, 0.3) is 0 Å². The van der Waals surface area contributed by atoms with Crippen molar-refractivity contribution in [1.29, 1.82) is 0 Å². The van der Waals surface area contributed by atoms with E-state index in [0.29, 0.717) is 13.2 Å². The van der Waals surface area contributed by atoms with Gasteiger partial charge in [-0.05, 0) is 46.3 Å². The normalized spacial score (nSPS) is 19.8. The Morgan fingerprint density at radius 3 is 2.77 bits per heavy atom. The lowest BCUT2D eigenvalue weighted by Crippen LogP contribution is -2.52. The molecule has 22 heavy (non-hydrogen) atoms. The number of hydrogen-bond acceptors (Lipinski definition) is 6. The average Bonchev–Trinajstić information content (AvgIpc) is 2.45. The molecule has 1 atom stereocenters. The van der Waals surface area contributed by atoms with E-state index in [1.54, 1.807) is 25.6 Å². The first kappa shape index (κ1) is 17.5. The zero-order valence-corrected chi connectivity index (χ0v) is 15.0. The van der Waals surface area contributed by atoms with Crippen molar-refractivity contribution in [3.8, 4) is 0 Å². The number of ether oxygens (including phenoxy) is 1. The summed E-state index contributed by atoms with van der Waals surface area (Å²) in [5, 5.41) is 11.3. The van der Waals surface area contributed by atoms with Gasteiger partial charge < -0.3 is 19.6 Å². The maximum atomic E-state index is 10.2. The SMILES string of the molecule is CSc1ccc(N2CCO[C@@H](C(C)(C)O)C2)c(CN(C)C)n1. The average molecular weight is 325 g/mol. The molecule has 124 valence electrons. The molecule has 1 aromatic heterocycles. The van der Waals surface area contributed by atoms with E-state index in [4.69, 9.17) is 9.72 Å². The van der Waals surface area contributed by atoms with Crippen LogP contribution >= 0.6 is 11.8 Å². The van der Waals surface area contributed by atoms with E-state index in [1.165, 1.54) is 0 Å². The number of aromatic nitrogens is 1. The lowest BCUT2D eigenvalue weighted by molar-refractivity contribution is -0.0928. The molecule has 0 spiro atoms. The Kier molecular flexibility index (Phi) is 5.71. The number of hydrogen-bond donors (Lipinski definition) is 1. The van der Waals surface area contributed by atoms with E-state index in [0.717, 1.165) is 29.5 Å². The molecule has 2 heterocycles. The van der Waals surface area contributed by atoms with Crippen LogP contribution in [0.25, 0.3) is 0 Å². The summed E-state index contributed by atoms with van der Waals surface area (Å²) in [6, 6.07) is 4.21. The van der Waals surface area contributed by atoms with E-state index in [9.17, 15) is 5.11 Å². The smallest absolute Gasteiger partial charge is 0.103 e. The fraction of sp³-hybridized carbons (Fsp3) is 0.688. The second-order valence-corrected chi connectivity index (χ2v) is 7.34. The van der Waals surface area contributed by atoms with Gasteiger partial charge in [0.05, 0.1) is 28.6 Å². The molecule has 1 N–H and O–H groups in total. The van der Waals surface area contributed by atoms with Crippen molar-refractivity contribution in [1.82, 2.24) is 9.88 Å². The third-order valence-corrected chi connectivity index (χ3v) is 4.44. The molecule has 0 saturated carbocycles. The van der Waals surface area contributed by atoms with Crippen molar-refractivity contribution in [3.05, 3.63) is 17.8 Å². The Balaban J connectivity index is 2.26. The Morgan fingerprint density at radius 2 is 2.18 bits per heavy atom. The van der Waals surface area contributed by atoms with Crippen LogP contribution in [0, 0.1) is 0 Å². The minimum Gasteiger partial charge on any atom is -0.388 e. The fourth-order valence-electron chi connectivity index (χ4n) is 2.59. The standard InChI is InChI=1S/C16H27N3O2S/c1-16(2,20)14-11-19(8-9-21-14)13-6-7-15(22-5)17-12(13)10-18(3)4/h6-7,14,20H,8-11H2,1-5H3/t14-/m1/s1. The molecule has 5 nitrogen and oxygen atoms in total. The highest BCUT2D eigenvalue weighted by atomic mass is 32.2. The molecule has 0 aliphatic carbocycles. The minimum absolute atomic E-state index is 0.186. The number of rotatable bonds is 5. The summed E-state index contributed by atoms with van der Waals surface area (Å²) in [6.07, 6.45) is 1.86. The van der Waals surface area contributed by atoms with Crippen LogP contribution in [0.5, 0.6) is 0 Å². The van der Waals surface area contributed by atoms with Crippen molar-refractivity contribution in [2.45, 2.75) is 37.1 Å². The summed E-state index contributed by atoms with van der Waals surface area (Å²) in [5.41, 5.74) is 1.38. The summed E-state index contributed by atoms with van der Waals surface area (Å²) >= 11 is 1.66. The molecular formula is C16H27N3O2S. The molecule has 0 amide bonds. The Morgan fingerprint density at radius 1 is 1.45 bits per heavy atom. The quantitative estimate of drug-likeness (QED) is 0.834. The highest BCUT2D eigenvalue weighted by molar-refractivity contribution is 7.98. The van der Waals surface area contributed by atoms with E-state index >= 15 is 0 Å². The lowest BCUT2D eigenvalue weighted by Gasteiger charge is -2.40. The molecule has 0 bridgehead atoms. The molecule has 2 rings (SSSR count). The van der Waals surface area contributed by atoms with Gasteiger partial charge in [0.15, 0.2) is 0 Å². The van der Waals surface area contributed by atoms with Crippen LogP contribution in [-0.4, -0.2) is 66.7 Å². The topological polar surface area (TPSA) is 48.8 Å². The third-order valence-electron chi connectivity index (χ3n) is 3.79. The van der Waals surface area contributed by atoms with Crippen molar-refractivity contribution >= 4 is 17.4 Å². The van der Waals surface area contributed by atoms with Gasteiger partial charge in [0.1, 0.15) is 6.10 Å². The summed E-state index contributed by atoms with van der Waals surface area (Å²) in [4.78, 5) is 9.18. The Bertz CT molecular complexity index is 503. The zero-order valence-electron chi connectivity index (χ0n) is 14.2. The van der Waals surface area contributed by atoms with Gasteiger partial charge in [-0.25, -0.2) is 4.98 Å². The number of morpholine rings is 1. The van der Waals surface area contributed by atoms with Crippen LogP contribution in [0.4, 0.5) is 5.69 Å². The van der Waals surface area contributed by atoms with Crippen molar-refractivity contribution in [3.63, 3.8) is 0 Å². The molecule has 1 aliphatic heterocycles. The second kappa shape index (κ2) is 7.17. The predicted octanol–water partition coefficient (Wildman–Crippen LogP) is 1.84. The summed E-state index contributed by atoms with van der Waals surface area (Å²) in [7, 11) is 4.10. The fourth-order valence-corrected chi connectivity index (χ4v) is 2.99. The number of thioether (sulfide) groups is 1. The van der Waals surface area contributed by atoms with Gasteiger partial charge in [-0.15, -0.1) is 11.8 Å². The van der Waals surface area contributed by atoms with Gasteiger partial charge >= 0.3 is 0 Å². The molecule has 6 heteroatoms. The second-order valence-electron chi connectivity index (χ2n) is 6.52. The first-order chi connectivity index (χ1) is 10.3. The van der Waals surface area contributed by atoms with Crippen LogP contribution in [-0.2, 0) is 11.3 Å². The third kappa shape index (κ3) is 4.35. The maximum absolute atomic E-state index is 10.2. The summed E-state index contributed by atoms with van der Waals surface area (Å²) in [5.74, 6) is 0. The van der Waals surface area contributed by atoms with Crippen LogP contribution < -0.4 is 4.90 Å². The largest absolute Gasteiger partial charge is 0.388 e. The molecule has 0 radical (unpaired) electrons. The molecule has 1 aliphatic rings. The van der Waals surface area contributed by atoms with Gasteiger partial charge in [-0.3, -0.25) is 0 Å². The molecule has 1 fully saturated rings. The number of pyridine rings is 1. The summed E-state index contributed by atoms with van der Waals surface area (Å²) in [6.45, 7) is 6.54. The highest BCUT2D eigenvalue weighted by Gasteiger charge is 2.33. The van der Waals surface area contributed by atoms with E-state index < -0.39 is 5.60 Å². The number of nitrogens with zero attached hydrogens (tertiary/aromatic N) is 3. The van der Waals surface area contributed by atoms with E-state index in [2.05, 4.69) is 36.0 Å². The van der Waals surface area contributed by atoms with Gasteiger partial charge in [0, 0.05) is 19.6 Å². The molecular weight excluding hydrogens is 298 g/mol. The minimum atomic E-state index is -0.840. The van der Waals surface area contributed by atoms with Crippen LogP contribution in [0.3, 0.4) is 0 Å². The molecule has 1 aromatic rings. The van der Waals surface area contributed by atoms with E-state index in [-0.39, 0.29) is 6.10 Å². The molecule has 0 aromatic carbocycles. The first-order valence-corrected chi connectivity index (χ1v) is 8.81.